The first-order chi connectivity index (χ1) is 11.3. The van der Waals surface area contributed by atoms with Crippen molar-refractivity contribution in [1.29, 1.82) is 0 Å². The van der Waals surface area contributed by atoms with Crippen LogP contribution in [0.15, 0.2) is 11.8 Å². The Morgan fingerprint density at radius 3 is 2.58 bits per heavy atom. The van der Waals surface area contributed by atoms with E-state index in [1.807, 2.05) is 6.92 Å². The van der Waals surface area contributed by atoms with E-state index in [1.165, 1.54) is 0 Å². The van der Waals surface area contributed by atoms with Crippen LogP contribution >= 0.6 is 0 Å². The Bertz CT molecular complexity index is 490. The summed E-state index contributed by atoms with van der Waals surface area (Å²) in [4.78, 5) is 0. The first kappa shape index (κ1) is 18.1. The van der Waals surface area contributed by atoms with Crippen LogP contribution in [-0.2, 0) is 14.2 Å². The molecule has 2 aliphatic heterocycles. The highest BCUT2D eigenvalue weighted by atomic mass is 16.8. The van der Waals surface area contributed by atoms with E-state index in [9.17, 15) is 25.5 Å². The minimum Gasteiger partial charge on any atom is -0.472 e. The van der Waals surface area contributed by atoms with Gasteiger partial charge in [0, 0.05) is 0 Å². The van der Waals surface area contributed by atoms with Crippen LogP contribution in [0.3, 0.4) is 0 Å². The van der Waals surface area contributed by atoms with Gasteiger partial charge in [0.15, 0.2) is 6.29 Å². The Hall–Kier alpha value is -0.740. The van der Waals surface area contributed by atoms with Crippen LogP contribution < -0.4 is 0 Å². The van der Waals surface area contributed by atoms with Gasteiger partial charge in [0.1, 0.15) is 24.4 Å². The van der Waals surface area contributed by atoms with E-state index < -0.39 is 49.2 Å². The predicted octanol–water partition coefficient (Wildman–Crippen LogP) is -1.16. The SMILES string of the molecule is CC1=COC(O[C@@H]2O[C@H](CO)[C@@H](O)[C@H](O)[C@H]2O)[C@H]2[C@@H]1CC[C@]2(C)O. The third kappa shape index (κ3) is 2.96. The molecule has 2 heterocycles. The molecule has 1 saturated carbocycles. The normalized spacial score (nSPS) is 51.7. The van der Waals surface area contributed by atoms with Crippen molar-refractivity contribution in [2.75, 3.05) is 6.61 Å². The molecule has 0 amide bonds. The first-order valence-corrected chi connectivity index (χ1v) is 8.26. The van der Waals surface area contributed by atoms with Crippen LogP contribution in [0.5, 0.6) is 0 Å². The summed E-state index contributed by atoms with van der Waals surface area (Å²) in [5.41, 5.74) is 0.0327. The fourth-order valence-electron chi connectivity index (χ4n) is 4.00. The fraction of sp³-hybridized carbons (Fsp3) is 0.875. The molecule has 9 atom stereocenters. The molecule has 2 fully saturated rings. The molecular weight excluding hydrogens is 320 g/mol. The van der Waals surface area contributed by atoms with E-state index in [-0.39, 0.29) is 11.8 Å². The van der Waals surface area contributed by atoms with Crippen molar-refractivity contribution >= 4 is 0 Å². The van der Waals surface area contributed by atoms with E-state index in [4.69, 9.17) is 14.2 Å². The maximum absolute atomic E-state index is 10.6. The first-order valence-electron chi connectivity index (χ1n) is 8.26. The Morgan fingerprint density at radius 1 is 1.21 bits per heavy atom. The van der Waals surface area contributed by atoms with Crippen LogP contribution in [-0.4, -0.2) is 74.7 Å². The molecule has 0 bridgehead atoms. The van der Waals surface area contributed by atoms with E-state index >= 15 is 0 Å². The highest BCUT2D eigenvalue weighted by molar-refractivity contribution is 5.13. The molecule has 0 aromatic heterocycles. The van der Waals surface area contributed by atoms with Gasteiger partial charge in [0.2, 0.25) is 6.29 Å². The number of aliphatic hydroxyl groups excluding tert-OH is 4. The maximum Gasteiger partial charge on any atom is 0.207 e. The highest BCUT2D eigenvalue weighted by Gasteiger charge is 2.54. The summed E-state index contributed by atoms with van der Waals surface area (Å²) in [5, 5.41) is 49.7. The molecule has 8 heteroatoms. The largest absolute Gasteiger partial charge is 0.472 e. The molecule has 1 unspecified atom stereocenters. The van der Waals surface area contributed by atoms with Crippen molar-refractivity contribution in [2.45, 2.75) is 69.3 Å². The molecule has 1 aliphatic carbocycles. The van der Waals surface area contributed by atoms with Crippen LogP contribution in [0.2, 0.25) is 0 Å². The van der Waals surface area contributed by atoms with Gasteiger partial charge in [-0.2, -0.15) is 0 Å². The predicted molar refractivity (Wildman–Crippen MR) is 80.3 cm³/mol. The van der Waals surface area contributed by atoms with Crippen molar-refractivity contribution in [3.05, 3.63) is 11.8 Å². The van der Waals surface area contributed by atoms with Crippen LogP contribution in [0.1, 0.15) is 26.7 Å². The molecule has 5 N–H and O–H groups in total. The minimum atomic E-state index is -1.51. The van der Waals surface area contributed by atoms with Gasteiger partial charge in [-0.1, -0.05) is 0 Å². The molecule has 0 spiro atoms. The van der Waals surface area contributed by atoms with E-state index in [2.05, 4.69) is 0 Å². The smallest absolute Gasteiger partial charge is 0.207 e. The molecular formula is C16H26O8. The van der Waals surface area contributed by atoms with E-state index in [1.54, 1.807) is 13.2 Å². The lowest BCUT2D eigenvalue weighted by Crippen LogP contribution is -2.60. The van der Waals surface area contributed by atoms with Gasteiger partial charge in [-0.05, 0) is 38.2 Å². The highest BCUT2D eigenvalue weighted by Crippen LogP contribution is 2.49. The van der Waals surface area contributed by atoms with Gasteiger partial charge in [0.05, 0.1) is 24.4 Å². The van der Waals surface area contributed by atoms with Gasteiger partial charge in [-0.3, -0.25) is 0 Å². The Morgan fingerprint density at radius 2 is 1.92 bits per heavy atom. The summed E-state index contributed by atoms with van der Waals surface area (Å²) in [6.45, 7) is 3.13. The summed E-state index contributed by atoms with van der Waals surface area (Å²) in [5.74, 6) is -0.237. The second-order valence-electron chi connectivity index (χ2n) is 7.23. The van der Waals surface area contributed by atoms with E-state index in [0.717, 1.165) is 12.0 Å². The lowest BCUT2D eigenvalue weighted by Gasteiger charge is -2.44. The summed E-state index contributed by atoms with van der Waals surface area (Å²) >= 11 is 0. The van der Waals surface area contributed by atoms with E-state index in [0.29, 0.717) is 6.42 Å². The molecule has 1 saturated heterocycles. The topological polar surface area (TPSA) is 129 Å². The second kappa shape index (κ2) is 6.53. The molecule has 8 nitrogen and oxygen atoms in total. The van der Waals surface area contributed by atoms with Gasteiger partial charge in [0.25, 0.3) is 0 Å². The van der Waals surface area contributed by atoms with Gasteiger partial charge in [-0.25, -0.2) is 0 Å². The van der Waals surface area contributed by atoms with Crippen molar-refractivity contribution in [1.82, 2.24) is 0 Å². The van der Waals surface area contributed by atoms with Crippen molar-refractivity contribution in [2.24, 2.45) is 11.8 Å². The Balaban J connectivity index is 1.77. The second-order valence-corrected chi connectivity index (χ2v) is 7.23. The van der Waals surface area contributed by atoms with Crippen molar-refractivity contribution in [3.63, 3.8) is 0 Å². The molecule has 138 valence electrons. The lowest BCUT2D eigenvalue weighted by atomic mass is 9.82. The number of aliphatic hydroxyl groups is 5. The number of hydrogen-bond acceptors (Lipinski definition) is 8. The average molecular weight is 346 g/mol. The summed E-state index contributed by atoms with van der Waals surface area (Å²) in [6.07, 6.45) is -4.66. The molecule has 24 heavy (non-hydrogen) atoms. The quantitative estimate of drug-likeness (QED) is 0.433. The average Bonchev–Trinajstić information content (AvgIpc) is 2.87. The molecule has 0 aromatic rings. The van der Waals surface area contributed by atoms with Gasteiger partial charge < -0.3 is 39.7 Å². The summed E-state index contributed by atoms with van der Waals surface area (Å²) in [6, 6.07) is 0. The summed E-state index contributed by atoms with van der Waals surface area (Å²) < 4.78 is 16.7. The Labute approximate surface area is 140 Å². The fourth-order valence-corrected chi connectivity index (χ4v) is 4.00. The zero-order chi connectivity index (χ0) is 17.6. The van der Waals surface area contributed by atoms with Crippen LogP contribution in [0, 0.1) is 11.8 Å². The number of rotatable bonds is 3. The zero-order valence-electron chi connectivity index (χ0n) is 13.8. The molecule has 3 rings (SSSR count). The maximum atomic E-state index is 10.6. The molecule has 0 radical (unpaired) electrons. The number of fused-ring (bicyclic) bond motifs is 1. The number of allylic oxidation sites excluding steroid dienone is 1. The van der Waals surface area contributed by atoms with Gasteiger partial charge >= 0.3 is 0 Å². The standard InChI is InChI=1S/C16H26O8/c1-7-6-22-14(10-8(7)3-4-16(10,2)21)24-15-13(20)12(19)11(18)9(5-17)23-15/h6,8-15,17-21H,3-5H2,1-2H3/t8-,9-,10-,11-,12+,13-,14?,15+,16+/m1/s1. The third-order valence-electron chi connectivity index (χ3n) is 5.50. The van der Waals surface area contributed by atoms with Crippen LogP contribution in [0.25, 0.3) is 0 Å². The number of hydrogen-bond donors (Lipinski definition) is 5. The molecule has 3 aliphatic rings. The monoisotopic (exact) mass is 346 g/mol. The summed E-state index contributed by atoms with van der Waals surface area (Å²) in [7, 11) is 0. The van der Waals surface area contributed by atoms with Crippen molar-refractivity contribution < 1.29 is 39.7 Å². The zero-order valence-corrected chi connectivity index (χ0v) is 13.8. The Kier molecular flexibility index (Phi) is 4.91. The van der Waals surface area contributed by atoms with Crippen molar-refractivity contribution in [3.8, 4) is 0 Å². The van der Waals surface area contributed by atoms with Gasteiger partial charge in [-0.15, -0.1) is 0 Å². The van der Waals surface area contributed by atoms with Crippen LogP contribution in [0.4, 0.5) is 0 Å². The number of ether oxygens (including phenoxy) is 3. The lowest BCUT2D eigenvalue weighted by molar-refractivity contribution is -0.346. The molecule has 0 aromatic carbocycles. The third-order valence-corrected chi connectivity index (χ3v) is 5.50. The minimum absolute atomic E-state index is 0.101.